The summed E-state index contributed by atoms with van der Waals surface area (Å²) in [5, 5.41) is 8.34. The van der Waals surface area contributed by atoms with E-state index in [4.69, 9.17) is 21.1 Å². The van der Waals surface area contributed by atoms with Crippen LogP contribution in [0.2, 0.25) is 0 Å². The van der Waals surface area contributed by atoms with E-state index in [2.05, 4.69) is 26.7 Å². The van der Waals surface area contributed by atoms with Crippen LogP contribution in [0.25, 0.3) is 11.2 Å². The first-order valence-electron chi connectivity index (χ1n) is 6.90. The van der Waals surface area contributed by atoms with Gasteiger partial charge in [0, 0.05) is 19.3 Å². The highest BCUT2D eigenvalue weighted by Gasteiger charge is 2.19. The van der Waals surface area contributed by atoms with Gasteiger partial charge in [0.25, 0.3) is 0 Å². The highest BCUT2D eigenvalue weighted by atomic mass is 35.5. The van der Waals surface area contributed by atoms with Gasteiger partial charge in [0.05, 0.1) is 5.69 Å². The number of fused-ring (bicyclic) bond motifs is 1. The molecule has 0 atom stereocenters. The van der Waals surface area contributed by atoms with Gasteiger partial charge in [-0.3, -0.25) is 4.68 Å². The first-order valence-corrected chi connectivity index (χ1v) is 7.43. The van der Waals surface area contributed by atoms with E-state index < -0.39 is 0 Å². The van der Waals surface area contributed by atoms with E-state index in [0.717, 1.165) is 29.1 Å². The maximum absolute atomic E-state index is 5.90. The second-order valence-corrected chi connectivity index (χ2v) is 5.26. The first kappa shape index (κ1) is 14.1. The molecule has 0 spiro atoms. The largest absolute Gasteiger partial charge is 0.337 e. The van der Waals surface area contributed by atoms with Crippen LogP contribution in [-0.4, -0.2) is 35.4 Å². The number of rotatable bonds is 5. The zero-order valence-electron chi connectivity index (χ0n) is 12.3. The van der Waals surface area contributed by atoms with Crippen molar-refractivity contribution in [3.63, 3.8) is 0 Å². The van der Waals surface area contributed by atoms with Crippen LogP contribution in [0.15, 0.2) is 4.52 Å². The Bertz CT molecular complexity index is 771. The van der Waals surface area contributed by atoms with Crippen molar-refractivity contribution in [3.05, 3.63) is 23.2 Å². The Morgan fingerprint density at radius 3 is 2.71 bits per heavy atom. The summed E-state index contributed by atoms with van der Waals surface area (Å²) in [5.74, 6) is 2.61. The maximum atomic E-state index is 5.90. The van der Waals surface area contributed by atoms with E-state index in [1.165, 1.54) is 0 Å². The van der Waals surface area contributed by atoms with E-state index in [-0.39, 0.29) is 0 Å². The number of hydrogen-bond acceptors (Lipinski definition) is 5. The Hall–Kier alpha value is -1.89. The molecule has 112 valence electrons. The van der Waals surface area contributed by atoms with Crippen molar-refractivity contribution in [1.29, 1.82) is 0 Å². The van der Waals surface area contributed by atoms with Crippen LogP contribution in [-0.2, 0) is 26.4 Å². The van der Waals surface area contributed by atoms with Crippen LogP contribution in [0.4, 0.5) is 0 Å². The molecule has 0 saturated carbocycles. The molecule has 7 nitrogen and oxygen atoms in total. The zero-order chi connectivity index (χ0) is 15.0. The second kappa shape index (κ2) is 5.48. The van der Waals surface area contributed by atoms with E-state index in [0.29, 0.717) is 30.6 Å². The Kier molecular flexibility index (Phi) is 3.67. The van der Waals surface area contributed by atoms with Gasteiger partial charge in [0.2, 0.25) is 5.89 Å². The molecule has 0 bridgehead atoms. The van der Waals surface area contributed by atoms with E-state index in [1.807, 2.05) is 11.7 Å². The van der Waals surface area contributed by atoms with Crippen molar-refractivity contribution in [2.75, 3.05) is 5.88 Å². The van der Waals surface area contributed by atoms with E-state index in [1.54, 1.807) is 6.92 Å². The number of aryl methyl sites for hydroxylation is 4. The van der Waals surface area contributed by atoms with Crippen LogP contribution in [0.3, 0.4) is 0 Å². The third kappa shape index (κ3) is 2.42. The van der Waals surface area contributed by atoms with Crippen LogP contribution < -0.4 is 0 Å². The minimum atomic E-state index is 0.478. The maximum Gasteiger partial charge on any atom is 0.246 e. The van der Waals surface area contributed by atoms with Crippen molar-refractivity contribution in [1.82, 2.24) is 29.5 Å². The highest BCUT2D eigenvalue weighted by Crippen LogP contribution is 2.21. The lowest BCUT2D eigenvalue weighted by molar-refractivity contribution is 0.367. The van der Waals surface area contributed by atoms with E-state index in [9.17, 15) is 0 Å². The second-order valence-electron chi connectivity index (χ2n) is 4.88. The van der Waals surface area contributed by atoms with Gasteiger partial charge >= 0.3 is 0 Å². The average Bonchev–Trinajstić information content (AvgIpc) is 3.09. The fourth-order valence-electron chi connectivity index (χ4n) is 2.51. The third-order valence-corrected chi connectivity index (χ3v) is 3.58. The molecule has 0 unspecified atom stereocenters. The molecule has 0 fully saturated rings. The minimum absolute atomic E-state index is 0.478. The van der Waals surface area contributed by atoms with Crippen molar-refractivity contribution < 1.29 is 4.52 Å². The molecular weight excluding hydrogens is 292 g/mol. The topological polar surface area (TPSA) is 74.6 Å². The Labute approximate surface area is 126 Å². The summed E-state index contributed by atoms with van der Waals surface area (Å²) >= 11 is 5.90. The summed E-state index contributed by atoms with van der Waals surface area (Å²) in [6, 6.07) is 0. The fraction of sp³-hybridized carbons (Fsp3) is 0.538. The van der Waals surface area contributed by atoms with Crippen molar-refractivity contribution in [2.45, 2.75) is 33.2 Å². The predicted molar refractivity (Wildman–Crippen MR) is 78.4 cm³/mol. The van der Waals surface area contributed by atoms with Crippen molar-refractivity contribution in [2.24, 2.45) is 7.05 Å². The van der Waals surface area contributed by atoms with Gasteiger partial charge in [-0.15, -0.1) is 11.6 Å². The van der Waals surface area contributed by atoms with Gasteiger partial charge in [-0.2, -0.15) is 10.1 Å². The molecule has 21 heavy (non-hydrogen) atoms. The Morgan fingerprint density at radius 1 is 1.29 bits per heavy atom. The summed E-state index contributed by atoms with van der Waals surface area (Å²) < 4.78 is 9.12. The SMILES string of the molecule is CCc1nn(C)c2c1nc(CCCl)n2Cc1nc(C)no1. The lowest BCUT2D eigenvalue weighted by Crippen LogP contribution is -2.09. The van der Waals surface area contributed by atoms with Crippen LogP contribution in [0, 0.1) is 6.92 Å². The summed E-state index contributed by atoms with van der Waals surface area (Å²) in [6.07, 6.45) is 1.53. The average molecular weight is 309 g/mol. The molecule has 3 heterocycles. The molecule has 0 radical (unpaired) electrons. The Morgan fingerprint density at radius 2 is 2.10 bits per heavy atom. The number of halogens is 1. The molecule has 0 aliphatic rings. The molecule has 0 aliphatic heterocycles. The number of aromatic nitrogens is 6. The molecule has 0 saturated heterocycles. The molecule has 0 aliphatic carbocycles. The molecule has 3 aromatic rings. The quantitative estimate of drug-likeness (QED) is 0.672. The summed E-state index contributed by atoms with van der Waals surface area (Å²) in [7, 11) is 1.92. The van der Waals surface area contributed by atoms with Crippen molar-refractivity contribution >= 4 is 22.8 Å². The minimum Gasteiger partial charge on any atom is -0.337 e. The van der Waals surface area contributed by atoms with Crippen molar-refractivity contribution in [3.8, 4) is 0 Å². The van der Waals surface area contributed by atoms with Crippen LogP contribution in [0.1, 0.15) is 30.2 Å². The van der Waals surface area contributed by atoms with E-state index >= 15 is 0 Å². The van der Waals surface area contributed by atoms with Gasteiger partial charge < -0.3 is 9.09 Å². The van der Waals surface area contributed by atoms with Crippen LogP contribution >= 0.6 is 11.6 Å². The number of imidazole rings is 1. The molecule has 3 rings (SSSR count). The fourth-order valence-corrected chi connectivity index (χ4v) is 2.68. The molecule has 8 heteroatoms. The predicted octanol–water partition coefficient (Wildman–Crippen LogP) is 1.85. The molecular formula is C13H17ClN6O. The third-order valence-electron chi connectivity index (χ3n) is 3.39. The summed E-state index contributed by atoms with van der Waals surface area (Å²) in [6.45, 7) is 4.35. The molecule has 0 N–H and O–H groups in total. The molecule has 0 aromatic carbocycles. The lowest BCUT2D eigenvalue weighted by atomic mass is 10.3. The van der Waals surface area contributed by atoms with Gasteiger partial charge in [-0.05, 0) is 13.3 Å². The zero-order valence-corrected chi connectivity index (χ0v) is 13.1. The Balaban J connectivity index is 2.13. The summed E-state index contributed by atoms with van der Waals surface area (Å²) in [5.41, 5.74) is 2.88. The van der Waals surface area contributed by atoms with Gasteiger partial charge in [0.15, 0.2) is 11.5 Å². The monoisotopic (exact) mass is 308 g/mol. The smallest absolute Gasteiger partial charge is 0.246 e. The molecule has 0 amide bonds. The van der Waals surface area contributed by atoms with Crippen LogP contribution in [0.5, 0.6) is 0 Å². The standard InChI is InChI=1S/C13H17ClN6O/c1-4-9-12-13(19(3)17-9)20(10(16-12)5-6-14)7-11-15-8(2)18-21-11/h4-7H2,1-3H3. The van der Waals surface area contributed by atoms with Gasteiger partial charge in [0.1, 0.15) is 17.9 Å². The number of hydrogen-bond donors (Lipinski definition) is 0. The number of alkyl halides is 1. The highest BCUT2D eigenvalue weighted by molar-refractivity contribution is 6.17. The first-order chi connectivity index (χ1) is 10.1. The van der Waals surface area contributed by atoms with Gasteiger partial charge in [-0.1, -0.05) is 12.1 Å². The lowest BCUT2D eigenvalue weighted by Gasteiger charge is -2.05. The summed E-state index contributed by atoms with van der Waals surface area (Å²) in [4.78, 5) is 8.96. The van der Waals surface area contributed by atoms with Gasteiger partial charge in [-0.25, -0.2) is 4.98 Å². The number of nitrogens with zero attached hydrogens (tertiary/aromatic N) is 6. The molecule has 3 aromatic heterocycles. The normalized spacial score (nSPS) is 11.6.